The maximum atomic E-state index is 12.0. The Hall–Kier alpha value is -2.55. The second kappa shape index (κ2) is 7.82. The van der Waals surface area contributed by atoms with Gasteiger partial charge in [0.1, 0.15) is 11.5 Å². The average molecular weight is 346 g/mol. The van der Waals surface area contributed by atoms with Crippen LogP contribution in [0.25, 0.3) is 0 Å². The van der Waals surface area contributed by atoms with Crippen molar-refractivity contribution in [3.63, 3.8) is 0 Å². The Bertz CT molecular complexity index is 827. The first kappa shape index (κ1) is 16.3. The first-order valence-electron chi connectivity index (χ1n) is 7.51. The van der Waals surface area contributed by atoms with E-state index in [4.69, 9.17) is 4.42 Å². The van der Waals surface area contributed by atoms with Gasteiger partial charge >= 0.3 is 0 Å². The number of hydrogen-bond acceptors (Lipinski definition) is 7. The number of aromatic nitrogens is 5. The molecule has 0 aliphatic heterocycles. The molecule has 0 bridgehead atoms. The van der Waals surface area contributed by atoms with E-state index in [1.807, 2.05) is 6.92 Å². The van der Waals surface area contributed by atoms with Crippen LogP contribution in [-0.4, -0.2) is 37.4 Å². The zero-order valence-corrected chi connectivity index (χ0v) is 14.0. The highest BCUT2D eigenvalue weighted by Gasteiger charge is 2.08. The van der Waals surface area contributed by atoms with Gasteiger partial charge in [-0.1, -0.05) is 0 Å². The fourth-order valence-electron chi connectivity index (χ4n) is 2.07. The lowest BCUT2D eigenvalue weighted by molar-refractivity contribution is 0.517. The second-order valence-electron chi connectivity index (χ2n) is 5.15. The minimum atomic E-state index is -0.354. The SMILES string of the molecule is Cc1[nH]cnc1CSCCNc1nc(=O)c(Cc2ccco2)n[nH]1. The minimum absolute atomic E-state index is 0.328. The summed E-state index contributed by atoms with van der Waals surface area (Å²) in [6.45, 7) is 2.68. The lowest BCUT2D eigenvalue weighted by Crippen LogP contribution is -2.20. The largest absolute Gasteiger partial charge is 0.469 e. The third-order valence-corrected chi connectivity index (χ3v) is 4.36. The standard InChI is InChI=1S/C15H18N6O2S/c1-10-13(18-9-17-10)8-24-6-4-16-15-19-14(22)12(20-21-15)7-11-3-2-5-23-11/h2-3,5,9H,4,6-8H2,1H3,(H,17,18)(H2,16,19,21,22). The Morgan fingerprint density at radius 1 is 1.38 bits per heavy atom. The zero-order valence-electron chi connectivity index (χ0n) is 13.2. The molecule has 0 saturated heterocycles. The molecule has 0 amide bonds. The van der Waals surface area contributed by atoms with Gasteiger partial charge < -0.3 is 14.7 Å². The number of imidazole rings is 1. The second-order valence-corrected chi connectivity index (χ2v) is 6.25. The maximum Gasteiger partial charge on any atom is 0.296 e. The summed E-state index contributed by atoms with van der Waals surface area (Å²) >= 11 is 1.76. The smallest absolute Gasteiger partial charge is 0.296 e. The molecule has 3 aromatic heterocycles. The number of H-pyrrole nitrogens is 2. The van der Waals surface area contributed by atoms with Gasteiger partial charge in [-0.05, 0) is 19.1 Å². The third kappa shape index (κ3) is 4.25. The molecule has 0 aliphatic carbocycles. The quantitative estimate of drug-likeness (QED) is 0.532. The van der Waals surface area contributed by atoms with Crippen molar-refractivity contribution >= 4 is 17.7 Å². The van der Waals surface area contributed by atoms with Crippen LogP contribution in [-0.2, 0) is 12.2 Å². The van der Waals surface area contributed by atoms with E-state index in [9.17, 15) is 4.79 Å². The number of thioether (sulfide) groups is 1. The van der Waals surface area contributed by atoms with Crippen LogP contribution in [0, 0.1) is 6.92 Å². The van der Waals surface area contributed by atoms with Crippen molar-refractivity contribution in [2.24, 2.45) is 0 Å². The van der Waals surface area contributed by atoms with Crippen molar-refractivity contribution in [2.75, 3.05) is 17.6 Å². The number of rotatable bonds is 8. The predicted molar refractivity (Wildman–Crippen MR) is 92.1 cm³/mol. The molecule has 24 heavy (non-hydrogen) atoms. The Kier molecular flexibility index (Phi) is 5.32. The van der Waals surface area contributed by atoms with Crippen LogP contribution in [0.15, 0.2) is 33.9 Å². The number of anilines is 1. The van der Waals surface area contributed by atoms with Crippen molar-refractivity contribution < 1.29 is 4.42 Å². The number of aromatic amines is 2. The van der Waals surface area contributed by atoms with Crippen LogP contribution in [0.2, 0.25) is 0 Å². The first-order valence-corrected chi connectivity index (χ1v) is 8.66. The summed E-state index contributed by atoms with van der Waals surface area (Å²) in [5.41, 5.74) is 2.14. The highest BCUT2D eigenvalue weighted by molar-refractivity contribution is 7.98. The van der Waals surface area contributed by atoms with Crippen LogP contribution < -0.4 is 10.9 Å². The number of nitrogens with zero attached hydrogens (tertiary/aromatic N) is 3. The monoisotopic (exact) mass is 346 g/mol. The number of aryl methyl sites for hydroxylation is 1. The fourth-order valence-corrected chi connectivity index (χ4v) is 2.95. The van der Waals surface area contributed by atoms with E-state index in [2.05, 4.69) is 30.5 Å². The van der Waals surface area contributed by atoms with Gasteiger partial charge in [0.05, 0.1) is 24.7 Å². The van der Waals surface area contributed by atoms with Crippen molar-refractivity contribution in [1.29, 1.82) is 0 Å². The molecule has 3 aromatic rings. The highest BCUT2D eigenvalue weighted by Crippen LogP contribution is 2.12. The molecule has 0 fully saturated rings. The predicted octanol–water partition coefficient (Wildman–Crippen LogP) is 1.73. The van der Waals surface area contributed by atoms with Gasteiger partial charge in [0.2, 0.25) is 5.95 Å². The van der Waals surface area contributed by atoms with E-state index in [1.54, 1.807) is 36.5 Å². The molecule has 126 valence electrons. The lowest BCUT2D eigenvalue weighted by Gasteiger charge is -2.05. The summed E-state index contributed by atoms with van der Waals surface area (Å²) in [6.07, 6.45) is 3.59. The van der Waals surface area contributed by atoms with Gasteiger partial charge in [-0.25, -0.2) is 10.1 Å². The fraction of sp³-hybridized carbons (Fsp3) is 0.333. The zero-order chi connectivity index (χ0) is 16.8. The van der Waals surface area contributed by atoms with Gasteiger partial charge in [0, 0.05) is 23.7 Å². The number of nitrogens with one attached hydrogen (secondary N) is 3. The van der Waals surface area contributed by atoms with Crippen LogP contribution in [0.5, 0.6) is 0 Å². The molecule has 3 N–H and O–H groups in total. The Labute approximate surface area is 142 Å². The molecule has 3 rings (SSSR count). The normalized spacial score (nSPS) is 10.9. The molecule has 0 saturated carbocycles. The minimum Gasteiger partial charge on any atom is -0.469 e. The molecule has 9 heteroatoms. The van der Waals surface area contributed by atoms with E-state index in [1.165, 1.54) is 0 Å². The van der Waals surface area contributed by atoms with E-state index in [0.717, 1.165) is 22.9 Å². The van der Waals surface area contributed by atoms with E-state index >= 15 is 0 Å². The summed E-state index contributed by atoms with van der Waals surface area (Å²) < 4.78 is 5.21. The summed E-state index contributed by atoms with van der Waals surface area (Å²) in [7, 11) is 0. The molecule has 0 radical (unpaired) electrons. The van der Waals surface area contributed by atoms with Crippen molar-refractivity contribution in [1.82, 2.24) is 25.1 Å². The summed E-state index contributed by atoms with van der Waals surface area (Å²) in [5, 5.41) is 9.89. The van der Waals surface area contributed by atoms with Gasteiger partial charge in [-0.2, -0.15) is 21.8 Å². The summed E-state index contributed by atoms with van der Waals surface area (Å²) in [5.74, 6) is 2.77. The molecular weight excluding hydrogens is 328 g/mol. The van der Waals surface area contributed by atoms with Gasteiger partial charge in [0.15, 0.2) is 0 Å². The third-order valence-electron chi connectivity index (χ3n) is 3.39. The lowest BCUT2D eigenvalue weighted by atomic mass is 10.2. The van der Waals surface area contributed by atoms with Crippen LogP contribution >= 0.6 is 11.8 Å². The van der Waals surface area contributed by atoms with Crippen LogP contribution in [0.1, 0.15) is 22.8 Å². The van der Waals surface area contributed by atoms with E-state index in [-0.39, 0.29) is 5.56 Å². The average Bonchev–Trinajstić information content (AvgIpc) is 3.22. The van der Waals surface area contributed by atoms with Gasteiger partial charge in [-0.3, -0.25) is 4.79 Å². The Balaban J connectivity index is 1.45. The molecule has 3 heterocycles. The summed E-state index contributed by atoms with van der Waals surface area (Å²) in [6, 6.07) is 3.57. The topological polar surface area (TPSA) is 112 Å². The van der Waals surface area contributed by atoms with Crippen LogP contribution in [0.3, 0.4) is 0 Å². The molecular formula is C15H18N6O2S. The summed E-state index contributed by atoms with van der Waals surface area (Å²) in [4.78, 5) is 23.2. The number of hydrogen-bond donors (Lipinski definition) is 3. The van der Waals surface area contributed by atoms with Crippen molar-refractivity contribution in [3.8, 4) is 0 Å². The number of furan rings is 1. The molecule has 0 aliphatic rings. The molecule has 0 spiro atoms. The van der Waals surface area contributed by atoms with Crippen molar-refractivity contribution in [2.45, 2.75) is 19.1 Å². The maximum absolute atomic E-state index is 12.0. The Morgan fingerprint density at radius 3 is 3.00 bits per heavy atom. The van der Waals surface area contributed by atoms with Crippen molar-refractivity contribution in [3.05, 3.63) is 57.9 Å². The van der Waals surface area contributed by atoms with E-state index < -0.39 is 0 Å². The van der Waals surface area contributed by atoms with Crippen LogP contribution in [0.4, 0.5) is 5.95 Å². The molecule has 0 aromatic carbocycles. The molecule has 0 unspecified atom stereocenters. The first-order chi connectivity index (χ1) is 11.7. The molecule has 8 nitrogen and oxygen atoms in total. The Morgan fingerprint density at radius 2 is 2.29 bits per heavy atom. The van der Waals surface area contributed by atoms with Gasteiger partial charge in [-0.15, -0.1) is 0 Å². The molecule has 0 atom stereocenters. The van der Waals surface area contributed by atoms with E-state index in [0.29, 0.717) is 30.4 Å². The van der Waals surface area contributed by atoms with Gasteiger partial charge in [0.25, 0.3) is 5.56 Å². The highest BCUT2D eigenvalue weighted by atomic mass is 32.2.